The first kappa shape index (κ1) is 14.5. The Morgan fingerprint density at radius 1 is 1.24 bits per heavy atom. The van der Waals surface area contributed by atoms with Crippen LogP contribution in [-0.4, -0.2) is 15.9 Å². The lowest BCUT2D eigenvalue weighted by Gasteiger charge is -2.16. The number of halogens is 2. The van der Waals surface area contributed by atoms with Crippen LogP contribution in [0.15, 0.2) is 22.7 Å². The van der Waals surface area contributed by atoms with E-state index in [0.717, 1.165) is 24.8 Å². The second-order valence-corrected chi connectivity index (χ2v) is 6.05. The zero-order valence-electron chi connectivity index (χ0n) is 11.3. The van der Waals surface area contributed by atoms with Crippen molar-refractivity contribution >= 4 is 29.0 Å². The van der Waals surface area contributed by atoms with Crippen LogP contribution >= 0.6 is 23.2 Å². The Morgan fingerprint density at radius 2 is 2.10 bits per heavy atom. The summed E-state index contributed by atoms with van der Waals surface area (Å²) < 4.78 is 5.26. The van der Waals surface area contributed by atoms with Gasteiger partial charge in [0.15, 0.2) is 5.82 Å². The van der Waals surface area contributed by atoms with E-state index in [2.05, 4.69) is 10.1 Å². The highest BCUT2D eigenvalue weighted by Gasteiger charge is 2.28. The molecule has 1 atom stereocenters. The van der Waals surface area contributed by atoms with Crippen molar-refractivity contribution in [1.82, 2.24) is 10.1 Å². The fourth-order valence-corrected chi connectivity index (χ4v) is 2.88. The van der Waals surface area contributed by atoms with Gasteiger partial charge in [0.1, 0.15) is 5.78 Å². The molecule has 4 nitrogen and oxygen atoms in total. The van der Waals surface area contributed by atoms with E-state index in [1.54, 1.807) is 12.1 Å². The van der Waals surface area contributed by atoms with Gasteiger partial charge in [0.2, 0.25) is 5.89 Å². The number of carbonyl (C=O) groups excluding carboxylic acids is 1. The number of hydrogen-bond acceptors (Lipinski definition) is 4. The summed E-state index contributed by atoms with van der Waals surface area (Å²) in [4.78, 5) is 16.2. The third-order valence-corrected chi connectivity index (χ3v) is 4.42. The molecule has 1 aromatic carbocycles. The lowest BCUT2D eigenvalue weighted by molar-refractivity contribution is -0.122. The van der Waals surface area contributed by atoms with Crippen LogP contribution in [0.25, 0.3) is 0 Å². The van der Waals surface area contributed by atoms with Gasteiger partial charge in [0.05, 0.1) is 16.0 Å². The standard InChI is InChI=1S/C15H14Cl2N2O2/c16-11-6-5-9(7-12(11)17)8-14-18-15(21-19-14)10-3-1-2-4-13(10)20/h5-7,10H,1-4,8H2. The van der Waals surface area contributed by atoms with Gasteiger partial charge in [-0.2, -0.15) is 4.98 Å². The molecule has 1 aliphatic carbocycles. The largest absolute Gasteiger partial charge is 0.339 e. The lowest BCUT2D eigenvalue weighted by Crippen LogP contribution is -2.17. The second-order valence-electron chi connectivity index (χ2n) is 5.24. The maximum atomic E-state index is 11.9. The smallest absolute Gasteiger partial charge is 0.237 e. The van der Waals surface area contributed by atoms with Gasteiger partial charge in [-0.15, -0.1) is 0 Å². The molecule has 1 aromatic heterocycles. The molecular formula is C15H14Cl2N2O2. The van der Waals surface area contributed by atoms with E-state index in [4.69, 9.17) is 27.7 Å². The number of carbonyl (C=O) groups is 1. The van der Waals surface area contributed by atoms with Gasteiger partial charge >= 0.3 is 0 Å². The first-order valence-electron chi connectivity index (χ1n) is 6.92. The van der Waals surface area contributed by atoms with Crippen LogP contribution < -0.4 is 0 Å². The van der Waals surface area contributed by atoms with Crippen LogP contribution in [0.2, 0.25) is 10.0 Å². The molecule has 0 spiro atoms. The summed E-state index contributed by atoms with van der Waals surface area (Å²) in [5, 5.41) is 4.97. The number of ketones is 1. The normalized spacial score (nSPS) is 19.0. The van der Waals surface area contributed by atoms with Crippen LogP contribution in [0.4, 0.5) is 0 Å². The zero-order valence-corrected chi connectivity index (χ0v) is 12.8. The Kier molecular flexibility index (Phi) is 4.27. The molecule has 1 aliphatic rings. The summed E-state index contributed by atoms with van der Waals surface area (Å²) in [6.45, 7) is 0. The van der Waals surface area contributed by atoms with E-state index in [0.29, 0.717) is 34.6 Å². The highest BCUT2D eigenvalue weighted by atomic mass is 35.5. The van der Waals surface area contributed by atoms with E-state index in [1.807, 2.05) is 6.07 Å². The van der Waals surface area contributed by atoms with Crippen LogP contribution in [0.5, 0.6) is 0 Å². The topological polar surface area (TPSA) is 56.0 Å². The number of Topliss-reactive ketones (excluding diaryl/α,β-unsaturated/α-hetero) is 1. The summed E-state index contributed by atoms with van der Waals surface area (Å²) in [7, 11) is 0. The molecule has 0 saturated heterocycles. The summed E-state index contributed by atoms with van der Waals surface area (Å²) in [5.74, 6) is 0.969. The maximum Gasteiger partial charge on any atom is 0.237 e. The van der Waals surface area contributed by atoms with E-state index < -0.39 is 0 Å². The molecule has 2 aromatic rings. The highest BCUT2D eigenvalue weighted by Crippen LogP contribution is 2.29. The van der Waals surface area contributed by atoms with Crippen LogP contribution in [-0.2, 0) is 11.2 Å². The van der Waals surface area contributed by atoms with Crippen molar-refractivity contribution in [3.05, 3.63) is 45.5 Å². The number of hydrogen-bond donors (Lipinski definition) is 0. The van der Waals surface area contributed by atoms with Crippen molar-refractivity contribution in [1.29, 1.82) is 0 Å². The van der Waals surface area contributed by atoms with E-state index >= 15 is 0 Å². The average Bonchev–Trinajstić information content (AvgIpc) is 2.92. The monoisotopic (exact) mass is 324 g/mol. The molecular weight excluding hydrogens is 311 g/mol. The maximum absolute atomic E-state index is 11.9. The minimum atomic E-state index is -0.228. The number of aromatic nitrogens is 2. The van der Waals surface area contributed by atoms with Gasteiger partial charge < -0.3 is 4.52 Å². The van der Waals surface area contributed by atoms with Crippen LogP contribution in [0.1, 0.15) is 48.9 Å². The number of benzene rings is 1. The summed E-state index contributed by atoms with van der Waals surface area (Å²) in [6.07, 6.45) is 3.89. The van der Waals surface area contributed by atoms with Crippen LogP contribution in [0, 0.1) is 0 Å². The van der Waals surface area contributed by atoms with Gasteiger partial charge in [-0.05, 0) is 30.5 Å². The quantitative estimate of drug-likeness (QED) is 0.849. The molecule has 1 fully saturated rings. The highest BCUT2D eigenvalue weighted by molar-refractivity contribution is 6.42. The molecule has 1 saturated carbocycles. The Bertz CT molecular complexity index is 669. The summed E-state index contributed by atoms with van der Waals surface area (Å²) in [5.41, 5.74) is 0.951. The zero-order chi connectivity index (χ0) is 14.8. The molecule has 110 valence electrons. The first-order valence-corrected chi connectivity index (χ1v) is 7.68. The summed E-state index contributed by atoms with van der Waals surface area (Å²) in [6, 6.07) is 5.40. The summed E-state index contributed by atoms with van der Waals surface area (Å²) >= 11 is 11.9. The Balaban J connectivity index is 1.75. The van der Waals surface area contributed by atoms with Crippen molar-refractivity contribution < 1.29 is 9.32 Å². The molecule has 0 radical (unpaired) electrons. The van der Waals surface area contributed by atoms with Crippen molar-refractivity contribution in [2.45, 2.75) is 38.0 Å². The predicted octanol–water partition coefficient (Wildman–Crippen LogP) is 4.19. The van der Waals surface area contributed by atoms with Gasteiger partial charge in [-0.25, -0.2) is 0 Å². The van der Waals surface area contributed by atoms with Gasteiger partial charge in [-0.1, -0.05) is 40.8 Å². The molecule has 0 aliphatic heterocycles. The SMILES string of the molecule is O=C1CCCCC1c1nc(Cc2ccc(Cl)c(Cl)c2)no1. The van der Waals surface area contributed by atoms with Crippen molar-refractivity contribution in [2.75, 3.05) is 0 Å². The fourth-order valence-electron chi connectivity index (χ4n) is 2.56. The Hall–Kier alpha value is -1.39. The first-order chi connectivity index (χ1) is 10.1. The Morgan fingerprint density at radius 3 is 2.86 bits per heavy atom. The van der Waals surface area contributed by atoms with Crippen molar-refractivity contribution in [2.24, 2.45) is 0 Å². The minimum absolute atomic E-state index is 0.200. The third-order valence-electron chi connectivity index (χ3n) is 3.68. The molecule has 0 N–H and O–H groups in total. The molecule has 3 rings (SSSR count). The number of rotatable bonds is 3. The van der Waals surface area contributed by atoms with Gasteiger partial charge in [0.25, 0.3) is 0 Å². The number of nitrogens with zero attached hydrogens (tertiary/aromatic N) is 2. The molecule has 1 unspecified atom stereocenters. The van der Waals surface area contributed by atoms with Crippen molar-refractivity contribution in [3.8, 4) is 0 Å². The Labute approximate surface area is 132 Å². The fraction of sp³-hybridized carbons (Fsp3) is 0.400. The second kappa shape index (κ2) is 6.16. The van der Waals surface area contributed by atoms with Crippen molar-refractivity contribution in [3.63, 3.8) is 0 Å². The molecule has 21 heavy (non-hydrogen) atoms. The third kappa shape index (κ3) is 3.27. The van der Waals surface area contributed by atoms with E-state index in [1.165, 1.54) is 0 Å². The van der Waals surface area contributed by atoms with Crippen LogP contribution in [0.3, 0.4) is 0 Å². The average molecular weight is 325 g/mol. The predicted molar refractivity (Wildman–Crippen MR) is 79.8 cm³/mol. The molecule has 6 heteroatoms. The van der Waals surface area contributed by atoms with E-state index in [-0.39, 0.29) is 11.7 Å². The minimum Gasteiger partial charge on any atom is -0.339 e. The molecule has 1 heterocycles. The lowest BCUT2D eigenvalue weighted by atomic mass is 9.88. The molecule has 0 amide bonds. The van der Waals surface area contributed by atoms with E-state index in [9.17, 15) is 4.79 Å². The van der Waals surface area contributed by atoms with Gasteiger partial charge in [-0.3, -0.25) is 4.79 Å². The van der Waals surface area contributed by atoms with Gasteiger partial charge in [0, 0.05) is 12.8 Å². The molecule has 0 bridgehead atoms.